The fourth-order valence-corrected chi connectivity index (χ4v) is 4.66. The van der Waals surface area contributed by atoms with Crippen molar-refractivity contribution in [2.45, 2.75) is 12.8 Å². The molecule has 2 aliphatic heterocycles. The maximum absolute atomic E-state index is 6.43. The van der Waals surface area contributed by atoms with Crippen molar-refractivity contribution in [1.82, 2.24) is 4.90 Å². The summed E-state index contributed by atoms with van der Waals surface area (Å²) in [5.74, 6) is 1.66. The van der Waals surface area contributed by atoms with Gasteiger partial charge in [0.2, 0.25) is 0 Å². The molecule has 1 aliphatic carbocycles. The van der Waals surface area contributed by atoms with Crippen LogP contribution in [0.5, 0.6) is 0 Å². The number of aliphatic imine (C=N–C) groups is 1. The topological polar surface area (TPSA) is 34.1 Å². The lowest BCUT2D eigenvalue weighted by Crippen LogP contribution is -2.33. The van der Waals surface area contributed by atoms with E-state index in [9.17, 15) is 0 Å². The molecule has 0 bridgehead atoms. The summed E-state index contributed by atoms with van der Waals surface area (Å²) >= 11 is 6.43. The van der Waals surface area contributed by atoms with E-state index in [1.807, 2.05) is 24.3 Å². The summed E-state index contributed by atoms with van der Waals surface area (Å²) in [6.45, 7) is 1.67. The van der Waals surface area contributed by atoms with Crippen LogP contribution in [0, 0.1) is 0 Å². The largest absolute Gasteiger partial charge is 0.497 e. The highest BCUT2D eigenvalue weighted by Gasteiger charge is 2.32. The van der Waals surface area contributed by atoms with Crippen LogP contribution in [0.1, 0.15) is 24.0 Å². The monoisotopic (exact) mass is 418 g/mol. The average molecular weight is 419 g/mol. The van der Waals surface area contributed by atoms with E-state index in [0.717, 1.165) is 53.6 Å². The Morgan fingerprint density at radius 1 is 1.03 bits per heavy atom. The van der Waals surface area contributed by atoms with Gasteiger partial charge in [0.05, 0.1) is 37.9 Å². The SMILES string of the molecule is COC1=C(OC)CC2=C3c4cc(Cl)ccc4N=C(c4ccccc4)CN3CCC2=C1. The van der Waals surface area contributed by atoms with Crippen LogP contribution in [0.25, 0.3) is 5.70 Å². The molecule has 3 aliphatic rings. The first-order valence-corrected chi connectivity index (χ1v) is 10.5. The molecule has 0 saturated heterocycles. The number of rotatable bonds is 3. The van der Waals surface area contributed by atoms with E-state index >= 15 is 0 Å². The van der Waals surface area contributed by atoms with Gasteiger partial charge in [-0.15, -0.1) is 0 Å². The van der Waals surface area contributed by atoms with Crippen LogP contribution in [-0.2, 0) is 9.47 Å². The van der Waals surface area contributed by atoms with Gasteiger partial charge in [-0.2, -0.15) is 0 Å². The first kappa shape index (κ1) is 19.0. The van der Waals surface area contributed by atoms with Crippen molar-refractivity contribution in [1.29, 1.82) is 0 Å². The molecular formula is C25H23ClN2O2. The summed E-state index contributed by atoms with van der Waals surface area (Å²) in [6, 6.07) is 16.4. The zero-order valence-electron chi connectivity index (χ0n) is 17.1. The fraction of sp³-hybridized carbons (Fsp3) is 0.240. The van der Waals surface area contributed by atoms with Gasteiger partial charge >= 0.3 is 0 Å². The van der Waals surface area contributed by atoms with Crippen molar-refractivity contribution in [3.05, 3.63) is 93.4 Å². The molecule has 152 valence electrons. The maximum Gasteiger partial charge on any atom is 0.157 e. The van der Waals surface area contributed by atoms with Crippen LogP contribution >= 0.6 is 11.6 Å². The standard InChI is InChI=1S/C25H23ClN2O2/c1-29-23-12-17-10-11-28-15-22(16-6-4-3-5-7-16)27-21-9-8-18(26)13-20(21)25(28)19(17)14-24(23)30-2/h3-9,12-13H,10-11,14-15H2,1-2H3. The average Bonchev–Trinajstić information content (AvgIpc) is 2.95. The van der Waals surface area contributed by atoms with E-state index in [-0.39, 0.29) is 0 Å². The van der Waals surface area contributed by atoms with Crippen molar-refractivity contribution in [3.63, 3.8) is 0 Å². The van der Waals surface area contributed by atoms with Crippen LogP contribution in [-0.4, -0.2) is 37.9 Å². The Kier molecular flexibility index (Phi) is 4.87. The third kappa shape index (κ3) is 3.21. The molecule has 0 unspecified atom stereocenters. The van der Waals surface area contributed by atoms with Crippen molar-refractivity contribution in [3.8, 4) is 0 Å². The number of methoxy groups -OCH3 is 2. The number of ether oxygens (including phenoxy) is 2. The lowest BCUT2D eigenvalue weighted by atomic mass is 9.86. The molecule has 0 amide bonds. The Morgan fingerprint density at radius 3 is 2.63 bits per heavy atom. The molecule has 2 aromatic rings. The molecule has 4 nitrogen and oxygen atoms in total. The van der Waals surface area contributed by atoms with Crippen molar-refractivity contribution < 1.29 is 9.47 Å². The summed E-state index contributed by atoms with van der Waals surface area (Å²) in [6.07, 6.45) is 3.78. The molecular weight excluding hydrogens is 396 g/mol. The normalized spacial score (nSPS) is 18.0. The summed E-state index contributed by atoms with van der Waals surface area (Å²) in [5.41, 5.74) is 8.01. The minimum Gasteiger partial charge on any atom is -0.497 e. The number of benzene rings is 2. The second-order valence-electron chi connectivity index (χ2n) is 7.63. The van der Waals surface area contributed by atoms with Crippen LogP contribution in [0.15, 0.2) is 82.3 Å². The van der Waals surface area contributed by atoms with Gasteiger partial charge in [0.1, 0.15) is 5.76 Å². The van der Waals surface area contributed by atoms with Crippen LogP contribution in [0.2, 0.25) is 5.02 Å². The first-order chi connectivity index (χ1) is 14.7. The van der Waals surface area contributed by atoms with E-state index in [0.29, 0.717) is 11.4 Å². The Bertz CT molecular complexity index is 1130. The molecule has 5 rings (SSSR count). The Balaban J connectivity index is 1.70. The Labute approximate surface area is 181 Å². The summed E-state index contributed by atoms with van der Waals surface area (Å²) in [5, 5.41) is 0.715. The molecule has 5 heteroatoms. The van der Waals surface area contributed by atoms with Gasteiger partial charge in [0, 0.05) is 23.6 Å². The van der Waals surface area contributed by atoms with Crippen LogP contribution < -0.4 is 0 Å². The molecule has 0 fully saturated rings. The molecule has 0 saturated carbocycles. The number of halogens is 1. The minimum atomic E-state index is 0.698. The second kappa shape index (κ2) is 7.69. The fourth-order valence-electron chi connectivity index (χ4n) is 4.48. The van der Waals surface area contributed by atoms with E-state index in [2.05, 4.69) is 35.2 Å². The summed E-state index contributed by atoms with van der Waals surface area (Å²) < 4.78 is 11.2. The number of nitrogens with zero attached hydrogens (tertiary/aromatic N) is 2. The lowest BCUT2D eigenvalue weighted by Gasteiger charge is -2.36. The molecule has 30 heavy (non-hydrogen) atoms. The number of hydrogen-bond donors (Lipinski definition) is 0. The highest BCUT2D eigenvalue weighted by molar-refractivity contribution is 6.31. The molecule has 0 atom stereocenters. The predicted molar refractivity (Wildman–Crippen MR) is 121 cm³/mol. The van der Waals surface area contributed by atoms with Gasteiger partial charge in [-0.3, -0.25) is 4.99 Å². The molecule has 2 heterocycles. The van der Waals surface area contributed by atoms with Gasteiger partial charge in [0.25, 0.3) is 0 Å². The molecule has 0 N–H and O–H groups in total. The summed E-state index contributed by atoms with van der Waals surface area (Å²) in [4.78, 5) is 7.51. The van der Waals surface area contributed by atoms with Crippen molar-refractivity contribution >= 4 is 28.7 Å². The van der Waals surface area contributed by atoms with Gasteiger partial charge in [-0.1, -0.05) is 41.9 Å². The molecule has 0 spiro atoms. The maximum atomic E-state index is 6.43. The quantitative estimate of drug-likeness (QED) is 0.638. The third-order valence-electron chi connectivity index (χ3n) is 5.94. The zero-order chi connectivity index (χ0) is 20.7. The lowest BCUT2D eigenvalue weighted by molar-refractivity contribution is 0.222. The smallest absolute Gasteiger partial charge is 0.157 e. The highest BCUT2D eigenvalue weighted by Crippen LogP contribution is 2.45. The van der Waals surface area contributed by atoms with Crippen molar-refractivity contribution in [2.75, 3.05) is 27.3 Å². The molecule has 0 radical (unpaired) electrons. The molecule has 2 aromatic carbocycles. The van der Waals surface area contributed by atoms with E-state index in [1.54, 1.807) is 14.2 Å². The predicted octanol–water partition coefficient (Wildman–Crippen LogP) is 5.73. The van der Waals surface area contributed by atoms with Crippen LogP contribution in [0.4, 0.5) is 5.69 Å². The Morgan fingerprint density at radius 2 is 1.87 bits per heavy atom. The number of allylic oxidation sites excluding steroid dienone is 2. The van der Waals surface area contributed by atoms with Gasteiger partial charge in [-0.25, -0.2) is 0 Å². The van der Waals surface area contributed by atoms with E-state index in [1.165, 1.54) is 16.8 Å². The number of hydrogen-bond acceptors (Lipinski definition) is 4. The van der Waals surface area contributed by atoms with Crippen molar-refractivity contribution in [2.24, 2.45) is 4.99 Å². The number of fused-ring (bicyclic) bond motifs is 4. The highest BCUT2D eigenvalue weighted by atomic mass is 35.5. The van der Waals surface area contributed by atoms with Gasteiger partial charge < -0.3 is 14.4 Å². The second-order valence-corrected chi connectivity index (χ2v) is 8.06. The van der Waals surface area contributed by atoms with Gasteiger partial charge in [-0.05, 0) is 47.4 Å². The van der Waals surface area contributed by atoms with E-state index in [4.69, 9.17) is 26.1 Å². The molecule has 0 aromatic heterocycles. The minimum absolute atomic E-state index is 0.698. The van der Waals surface area contributed by atoms with Gasteiger partial charge in [0.15, 0.2) is 5.76 Å². The first-order valence-electron chi connectivity index (χ1n) is 10.1. The van der Waals surface area contributed by atoms with E-state index < -0.39 is 0 Å². The van der Waals surface area contributed by atoms with Crippen LogP contribution in [0.3, 0.4) is 0 Å². The third-order valence-corrected chi connectivity index (χ3v) is 6.18. The zero-order valence-corrected chi connectivity index (χ0v) is 17.9. The Hall–Kier alpha value is -2.98. The summed E-state index contributed by atoms with van der Waals surface area (Å²) in [7, 11) is 3.40.